The molecule has 0 radical (unpaired) electrons. The van der Waals surface area contributed by atoms with Crippen LogP contribution in [0.2, 0.25) is 0 Å². The van der Waals surface area contributed by atoms with Gasteiger partial charge in [0, 0.05) is 60.7 Å². The van der Waals surface area contributed by atoms with Crippen LogP contribution in [0.3, 0.4) is 0 Å². The lowest BCUT2D eigenvalue weighted by Gasteiger charge is -2.35. The maximum Gasteiger partial charge on any atom is 0.405 e. The fraction of sp³-hybridized carbons (Fsp3) is 0.348. The molecule has 21 nitrogen and oxygen atoms in total. The Labute approximate surface area is 396 Å². The summed E-state index contributed by atoms with van der Waals surface area (Å²) in [5.74, 6) is -4.36. The molecule has 3 aliphatic rings. The van der Waals surface area contributed by atoms with E-state index in [1.165, 1.54) is 29.2 Å². The van der Waals surface area contributed by atoms with Gasteiger partial charge >= 0.3 is 6.18 Å². The third-order valence-electron chi connectivity index (χ3n) is 11.9. The lowest BCUT2D eigenvalue weighted by molar-refractivity contribution is -0.143. The second kappa shape index (κ2) is 21.1. The van der Waals surface area contributed by atoms with Crippen molar-refractivity contribution < 1.29 is 55.9 Å². The number of halogens is 3. The second-order valence-electron chi connectivity index (χ2n) is 16.6. The van der Waals surface area contributed by atoms with Crippen molar-refractivity contribution in [3.05, 3.63) is 101 Å². The second-order valence-corrected chi connectivity index (χ2v) is 16.6. The normalized spacial score (nSPS) is 17.4. The summed E-state index contributed by atoms with van der Waals surface area (Å²) in [5.41, 5.74) is 7.60. The van der Waals surface area contributed by atoms with E-state index < -0.39 is 54.2 Å². The van der Waals surface area contributed by atoms with Crippen LogP contribution in [0.1, 0.15) is 79.4 Å². The van der Waals surface area contributed by atoms with Crippen LogP contribution in [-0.2, 0) is 25.5 Å². The molecule has 7 amide bonds. The van der Waals surface area contributed by atoms with E-state index in [-0.39, 0.29) is 65.6 Å². The first-order valence-corrected chi connectivity index (χ1v) is 22.3. The average Bonchev–Trinajstić information content (AvgIpc) is 4.01. The SMILES string of the molecule is NC(=O)c1nn(-c2ccc(C(=O)NCC3CCCCN3CCOCCNc3cccc4c3CC(=O)N(C3CCC(=O)NC3=O)C4=O)cc2)cc1NC(=O)c1coc(-c2ccnc(NCC(F)(F)F)c2)n1. The number of pyridine rings is 1. The predicted molar refractivity (Wildman–Crippen MR) is 243 cm³/mol. The van der Waals surface area contributed by atoms with Crippen LogP contribution >= 0.6 is 0 Å². The molecule has 5 aromatic rings. The third-order valence-corrected chi connectivity index (χ3v) is 11.9. The fourth-order valence-electron chi connectivity index (χ4n) is 8.40. The van der Waals surface area contributed by atoms with E-state index in [0.29, 0.717) is 60.9 Å². The first-order chi connectivity index (χ1) is 33.6. The molecule has 2 fully saturated rings. The van der Waals surface area contributed by atoms with Gasteiger partial charge in [0.2, 0.25) is 23.6 Å². The Bertz CT molecular complexity index is 2810. The van der Waals surface area contributed by atoms with E-state index in [1.807, 2.05) is 0 Å². The molecule has 24 heteroatoms. The van der Waals surface area contributed by atoms with Gasteiger partial charge in [-0.1, -0.05) is 12.5 Å². The number of likely N-dealkylation sites (tertiary alicyclic amines) is 1. The number of nitrogens with two attached hydrogens (primary N) is 1. The number of oxazole rings is 1. The number of hydrogen-bond donors (Lipinski definition) is 6. The van der Waals surface area contributed by atoms with Gasteiger partial charge < -0.3 is 36.2 Å². The molecule has 3 aliphatic heterocycles. The zero-order valence-electron chi connectivity index (χ0n) is 37.3. The van der Waals surface area contributed by atoms with Crippen molar-refractivity contribution in [1.29, 1.82) is 0 Å². The van der Waals surface area contributed by atoms with Crippen molar-refractivity contribution >= 4 is 58.5 Å². The number of hydrogen-bond acceptors (Lipinski definition) is 15. The fourth-order valence-corrected chi connectivity index (χ4v) is 8.40. The van der Waals surface area contributed by atoms with Crippen molar-refractivity contribution in [1.82, 2.24) is 40.2 Å². The van der Waals surface area contributed by atoms with E-state index in [4.69, 9.17) is 14.9 Å². The molecular weight excluding hydrogens is 922 g/mol. The van der Waals surface area contributed by atoms with Crippen LogP contribution in [-0.4, -0.2) is 135 Å². The number of carbonyl (C=O) groups is 7. The van der Waals surface area contributed by atoms with Gasteiger partial charge in [-0.25, -0.2) is 14.6 Å². The topological polar surface area (TPSA) is 278 Å². The summed E-state index contributed by atoms with van der Waals surface area (Å²) < 4.78 is 50.6. The van der Waals surface area contributed by atoms with Crippen LogP contribution in [0.25, 0.3) is 17.1 Å². The van der Waals surface area contributed by atoms with Crippen molar-refractivity contribution in [2.45, 2.75) is 56.8 Å². The minimum absolute atomic E-state index is 0.0443. The quantitative estimate of drug-likeness (QED) is 0.0543. The molecule has 8 rings (SSSR count). The molecule has 2 saturated heterocycles. The predicted octanol–water partition coefficient (Wildman–Crippen LogP) is 3.29. The molecule has 6 heterocycles. The number of alkyl halides is 3. The molecule has 2 aromatic carbocycles. The number of fused-ring (bicyclic) bond motifs is 1. The van der Waals surface area contributed by atoms with Gasteiger partial charge in [-0.3, -0.25) is 48.7 Å². The molecule has 2 unspecified atom stereocenters. The summed E-state index contributed by atoms with van der Waals surface area (Å²) in [6.07, 6.45) is 2.13. The molecule has 3 aromatic heterocycles. The molecule has 0 aliphatic carbocycles. The molecule has 0 bridgehead atoms. The third kappa shape index (κ3) is 11.5. The zero-order valence-corrected chi connectivity index (χ0v) is 37.3. The summed E-state index contributed by atoms with van der Waals surface area (Å²) in [7, 11) is 0. The molecule has 2 atom stereocenters. The minimum Gasteiger partial charge on any atom is -0.444 e. The Kier molecular flexibility index (Phi) is 14.6. The van der Waals surface area contributed by atoms with Crippen LogP contribution < -0.4 is 32.3 Å². The Morgan fingerprint density at radius 2 is 1.77 bits per heavy atom. The van der Waals surface area contributed by atoms with E-state index in [0.717, 1.165) is 37.0 Å². The van der Waals surface area contributed by atoms with Gasteiger partial charge in [-0.2, -0.15) is 18.3 Å². The van der Waals surface area contributed by atoms with Crippen LogP contribution in [0.4, 0.5) is 30.4 Å². The summed E-state index contributed by atoms with van der Waals surface area (Å²) in [6, 6.07) is 13.3. The van der Waals surface area contributed by atoms with Gasteiger partial charge in [-0.15, -0.1) is 0 Å². The number of ether oxygens (including phenoxy) is 1. The van der Waals surface area contributed by atoms with Crippen LogP contribution in [0.5, 0.6) is 0 Å². The van der Waals surface area contributed by atoms with Gasteiger partial charge in [0.15, 0.2) is 11.4 Å². The van der Waals surface area contributed by atoms with Crippen molar-refractivity contribution in [2.24, 2.45) is 5.73 Å². The molecule has 366 valence electrons. The number of nitrogens with one attached hydrogen (secondary N) is 5. The van der Waals surface area contributed by atoms with Gasteiger partial charge in [0.25, 0.3) is 23.6 Å². The summed E-state index contributed by atoms with van der Waals surface area (Å²) in [5, 5.41) is 17.4. The highest BCUT2D eigenvalue weighted by Gasteiger charge is 2.42. The number of carbonyl (C=O) groups excluding carboxylic acids is 7. The van der Waals surface area contributed by atoms with Gasteiger partial charge in [0.05, 0.1) is 37.2 Å². The number of amides is 7. The molecule has 7 N–H and O–H groups in total. The Hall–Kier alpha value is -7.99. The lowest BCUT2D eigenvalue weighted by Crippen LogP contribution is -2.58. The number of primary amides is 1. The Balaban J connectivity index is 0.794. The van der Waals surface area contributed by atoms with Crippen molar-refractivity contribution in [3.8, 4) is 17.1 Å². The summed E-state index contributed by atoms with van der Waals surface area (Å²) >= 11 is 0. The molecular formula is C46H47F3N12O9. The summed E-state index contributed by atoms with van der Waals surface area (Å²) in [6.45, 7) is 1.75. The highest BCUT2D eigenvalue weighted by atomic mass is 19.4. The highest BCUT2D eigenvalue weighted by molar-refractivity contribution is 6.14. The number of anilines is 3. The Morgan fingerprint density at radius 3 is 2.54 bits per heavy atom. The maximum absolute atomic E-state index is 13.4. The number of benzene rings is 2. The highest BCUT2D eigenvalue weighted by Crippen LogP contribution is 2.30. The standard InChI is InChI=1S/C46H47F3N12O9/c47-46(48,49)25-54-36-20-27(13-14-52-36)44-56-34(24-70-44)42(66)55-33-23-60(58-39(33)40(50)64)28-9-7-26(8-10-28)41(65)53-22-29-4-1-2-16-59(29)17-19-69-18-15-51-32-6-3-5-30-31(32)21-38(63)61(45(30)68)35-11-12-37(62)57-43(35)67/h3,5-10,13-14,20,23-24,29,35,51H,1-2,4,11-12,15-19,21-22,25H2,(H2,50,64)(H,52,54)(H,53,65)(H,55,66)(H,57,62,67). The number of nitrogens with zero attached hydrogens (tertiary/aromatic N) is 6. The number of aromatic nitrogens is 4. The Morgan fingerprint density at radius 1 is 0.957 bits per heavy atom. The van der Waals surface area contributed by atoms with Crippen LogP contribution in [0, 0.1) is 0 Å². The van der Waals surface area contributed by atoms with Gasteiger partial charge in [-0.05, 0) is 79.9 Å². The largest absolute Gasteiger partial charge is 0.444 e. The van der Waals surface area contributed by atoms with Gasteiger partial charge in [0.1, 0.15) is 24.7 Å². The zero-order chi connectivity index (χ0) is 49.5. The molecule has 0 spiro atoms. The molecule has 70 heavy (non-hydrogen) atoms. The first kappa shape index (κ1) is 48.5. The minimum atomic E-state index is -4.47. The van der Waals surface area contributed by atoms with Crippen LogP contribution in [0.15, 0.2) is 77.7 Å². The number of piperidine rings is 2. The number of imide groups is 2. The number of rotatable bonds is 18. The maximum atomic E-state index is 13.4. The lowest BCUT2D eigenvalue weighted by atomic mass is 9.93. The van der Waals surface area contributed by atoms with E-state index in [2.05, 4.69) is 46.6 Å². The monoisotopic (exact) mass is 968 g/mol. The van der Waals surface area contributed by atoms with E-state index >= 15 is 0 Å². The van der Waals surface area contributed by atoms with E-state index in [1.54, 1.807) is 42.5 Å². The first-order valence-electron chi connectivity index (χ1n) is 22.3. The average molecular weight is 969 g/mol. The summed E-state index contributed by atoms with van der Waals surface area (Å²) in [4.78, 5) is 101. The molecule has 0 saturated carbocycles. The van der Waals surface area contributed by atoms with Crippen molar-refractivity contribution in [3.63, 3.8) is 0 Å². The smallest absolute Gasteiger partial charge is 0.405 e. The van der Waals surface area contributed by atoms with Crippen molar-refractivity contribution in [2.75, 3.05) is 61.9 Å². The van der Waals surface area contributed by atoms with E-state index in [9.17, 15) is 46.7 Å².